The fourth-order valence-electron chi connectivity index (χ4n) is 5.96. The van der Waals surface area contributed by atoms with Crippen LogP contribution in [0.3, 0.4) is 0 Å². The van der Waals surface area contributed by atoms with Gasteiger partial charge in [-0.2, -0.15) is 0 Å². The maximum Gasteiger partial charge on any atom is 0.352 e. The van der Waals surface area contributed by atoms with Crippen LogP contribution in [0, 0.1) is 0 Å². The lowest BCUT2D eigenvalue weighted by molar-refractivity contribution is -0.976. The van der Waals surface area contributed by atoms with Crippen LogP contribution in [0.2, 0.25) is 10.0 Å². The van der Waals surface area contributed by atoms with Crippen molar-refractivity contribution < 1.29 is 24.0 Å². The smallest absolute Gasteiger partial charge is 0.352 e. The molecule has 36 heavy (non-hydrogen) atoms. The molecule has 1 aromatic rings. The van der Waals surface area contributed by atoms with E-state index in [-0.39, 0.29) is 23.3 Å². The average Bonchev–Trinajstić information content (AvgIpc) is 2.81. The summed E-state index contributed by atoms with van der Waals surface area (Å²) in [6.07, 6.45) is 0. The Morgan fingerprint density at radius 3 is 2.44 bits per heavy atom. The summed E-state index contributed by atoms with van der Waals surface area (Å²) in [6.45, 7) is 6.11. The fraction of sp³-hybridized carbons (Fsp3) is 0.500. The topological polar surface area (TPSA) is 96.4 Å². The van der Waals surface area contributed by atoms with E-state index < -0.39 is 17.4 Å². The number of amides is 2. The average molecular weight is 573 g/mol. The highest BCUT2D eigenvalue weighted by Gasteiger charge is 2.56. The maximum atomic E-state index is 13.1. The minimum Gasteiger partial charge on any atom is -0.477 e. The summed E-state index contributed by atoms with van der Waals surface area (Å²) in [4.78, 5) is 47.2. The number of carboxylic acid groups (broad SMARTS) is 1. The molecule has 0 unspecified atom stereocenters. The van der Waals surface area contributed by atoms with E-state index in [9.17, 15) is 19.5 Å². The molecular weight excluding hydrogens is 547 g/mol. The third kappa shape index (κ3) is 4.41. The predicted octanol–water partition coefficient (Wildman–Crippen LogP) is 1.33. The molecule has 7 rings (SSSR count). The van der Waals surface area contributed by atoms with Crippen LogP contribution in [0.1, 0.15) is 0 Å². The third-order valence-electron chi connectivity index (χ3n) is 7.04. The Morgan fingerprint density at radius 1 is 1.14 bits per heavy atom. The first kappa shape index (κ1) is 24.8. The molecule has 2 N–H and O–H groups in total. The van der Waals surface area contributed by atoms with Gasteiger partial charge in [0.1, 0.15) is 43.7 Å². The largest absolute Gasteiger partial charge is 0.477 e. The standard InChI is InChI=1S/C22H24Cl2N6O4S2/c23-14-1-2-15(24)16(3-14)35-6-17(31)25-18-20(32)29-19(22(33)34)13(5-36-21(18)29)4-30-10-26-7-27(11-30)9-28(8-26)12-30/h1-3,18,21H,4-12H2,(H-,25,31,33,34)/p+1/t18-,21-/m1/s1. The van der Waals surface area contributed by atoms with Crippen LogP contribution < -0.4 is 5.32 Å². The Kier molecular flexibility index (Phi) is 6.44. The summed E-state index contributed by atoms with van der Waals surface area (Å²) in [5.41, 5.74) is 0.877. The number of β-lactam (4-membered cyclic amide) rings is 1. The molecule has 4 bridgehead atoms. The van der Waals surface area contributed by atoms with Crippen LogP contribution in [0.4, 0.5) is 0 Å². The van der Waals surface area contributed by atoms with E-state index in [1.54, 1.807) is 18.2 Å². The monoisotopic (exact) mass is 571 g/mol. The van der Waals surface area contributed by atoms with Crippen LogP contribution in [-0.2, 0) is 14.4 Å². The van der Waals surface area contributed by atoms with Crippen LogP contribution in [0.25, 0.3) is 0 Å². The zero-order valence-corrected chi connectivity index (χ0v) is 22.4. The summed E-state index contributed by atoms with van der Waals surface area (Å²) in [5, 5.41) is 13.5. The number of thioether (sulfide) groups is 2. The molecule has 1 aromatic carbocycles. The van der Waals surface area contributed by atoms with E-state index >= 15 is 0 Å². The number of hydrogen-bond donors (Lipinski definition) is 2. The van der Waals surface area contributed by atoms with Crippen LogP contribution in [0.5, 0.6) is 0 Å². The Hall–Kier alpha value is -1.51. The van der Waals surface area contributed by atoms with Gasteiger partial charge in [0.25, 0.3) is 5.91 Å². The molecule has 6 aliphatic heterocycles. The van der Waals surface area contributed by atoms with Gasteiger partial charge in [0.15, 0.2) is 0 Å². The van der Waals surface area contributed by atoms with Gasteiger partial charge in [0.2, 0.25) is 5.91 Å². The zero-order chi connectivity index (χ0) is 25.2. The highest BCUT2D eigenvalue weighted by molar-refractivity contribution is 8.00. The second kappa shape index (κ2) is 9.35. The summed E-state index contributed by atoms with van der Waals surface area (Å²) >= 11 is 14.9. The van der Waals surface area contributed by atoms with E-state index in [2.05, 4.69) is 20.0 Å². The van der Waals surface area contributed by atoms with Gasteiger partial charge in [-0.1, -0.05) is 23.2 Å². The molecule has 2 amide bonds. The Bertz CT molecular complexity index is 1150. The van der Waals surface area contributed by atoms with Crippen molar-refractivity contribution in [1.82, 2.24) is 24.9 Å². The number of rotatable bonds is 7. The Morgan fingerprint density at radius 2 is 1.81 bits per heavy atom. The van der Waals surface area contributed by atoms with Gasteiger partial charge >= 0.3 is 5.97 Å². The molecule has 14 heteroatoms. The predicted molar refractivity (Wildman–Crippen MR) is 137 cm³/mol. The van der Waals surface area contributed by atoms with Gasteiger partial charge in [-0.05, 0) is 18.2 Å². The first-order valence-electron chi connectivity index (χ1n) is 11.5. The quantitative estimate of drug-likeness (QED) is 0.285. The first-order chi connectivity index (χ1) is 17.2. The number of aliphatic carboxylic acids is 1. The Balaban J connectivity index is 1.13. The van der Waals surface area contributed by atoms with Gasteiger partial charge in [-0.3, -0.25) is 19.0 Å². The first-order valence-corrected chi connectivity index (χ1v) is 14.3. The van der Waals surface area contributed by atoms with Crippen molar-refractivity contribution in [1.29, 1.82) is 0 Å². The summed E-state index contributed by atoms with van der Waals surface area (Å²) in [6, 6.07) is 4.29. The molecule has 6 aliphatic rings. The van der Waals surface area contributed by atoms with Crippen molar-refractivity contribution in [3.05, 3.63) is 39.5 Å². The minimum atomic E-state index is -1.09. The Labute approximate surface area is 226 Å². The van der Waals surface area contributed by atoms with Crippen LogP contribution in [-0.4, -0.2) is 116 Å². The van der Waals surface area contributed by atoms with Crippen molar-refractivity contribution in [2.75, 3.05) is 58.1 Å². The molecule has 10 nitrogen and oxygen atoms in total. The van der Waals surface area contributed by atoms with Crippen molar-refractivity contribution in [2.24, 2.45) is 0 Å². The van der Waals surface area contributed by atoms with E-state index in [1.165, 1.54) is 28.4 Å². The van der Waals surface area contributed by atoms with Crippen molar-refractivity contribution in [2.45, 2.75) is 16.3 Å². The number of carbonyl (C=O) groups excluding carboxylic acids is 2. The van der Waals surface area contributed by atoms with Gasteiger partial charge in [0.05, 0.1) is 30.8 Å². The molecule has 0 aliphatic carbocycles. The van der Waals surface area contributed by atoms with Crippen LogP contribution >= 0.6 is 46.7 Å². The van der Waals surface area contributed by atoms with E-state index in [4.69, 9.17) is 23.2 Å². The molecule has 0 spiro atoms. The van der Waals surface area contributed by atoms with Crippen molar-refractivity contribution in [3.8, 4) is 0 Å². The number of hydrogen-bond acceptors (Lipinski definition) is 8. The van der Waals surface area contributed by atoms with Gasteiger partial charge in [0, 0.05) is 21.2 Å². The van der Waals surface area contributed by atoms with Gasteiger partial charge < -0.3 is 10.4 Å². The molecule has 6 heterocycles. The molecule has 5 saturated heterocycles. The number of quaternary nitrogens is 1. The van der Waals surface area contributed by atoms with Gasteiger partial charge in [-0.25, -0.2) is 19.5 Å². The lowest BCUT2D eigenvalue weighted by Gasteiger charge is -2.61. The normalized spacial score (nSPS) is 34.4. The number of carboxylic acids is 1. The number of nitrogens with zero attached hydrogens (tertiary/aromatic N) is 5. The lowest BCUT2D eigenvalue weighted by atomic mass is 10.0. The number of nitrogens with one attached hydrogen (secondary N) is 1. The summed E-state index contributed by atoms with van der Waals surface area (Å²) < 4.78 is 0.767. The molecule has 0 aromatic heterocycles. The van der Waals surface area contributed by atoms with Crippen molar-refractivity contribution >= 4 is 64.5 Å². The van der Waals surface area contributed by atoms with E-state index in [0.29, 0.717) is 27.2 Å². The lowest BCUT2D eigenvalue weighted by Crippen LogP contribution is -2.79. The zero-order valence-electron chi connectivity index (χ0n) is 19.2. The van der Waals surface area contributed by atoms with E-state index in [1.807, 2.05) is 0 Å². The highest BCUT2D eigenvalue weighted by atomic mass is 35.5. The molecule has 2 atom stereocenters. The third-order valence-corrected chi connectivity index (χ3v) is 10.1. The number of carbonyl (C=O) groups is 3. The number of benzene rings is 1. The molecule has 0 saturated carbocycles. The number of halogens is 2. The molecule has 5 fully saturated rings. The minimum absolute atomic E-state index is 0.0671. The number of fused-ring (bicyclic) bond motifs is 1. The summed E-state index contributed by atoms with van der Waals surface area (Å²) in [5.74, 6) is -1.19. The molecule has 0 radical (unpaired) electrons. The van der Waals surface area contributed by atoms with E-state index in [0.717, 1.165) is 50.1 Å². The van der Waals surface area contributed by atoms with Gasteiger partial charge in [-0.15, -0.1) is 23.5 Å². The summed E-state index contributed by atoms with van der Waals surface area (Å²) in [7, 11) is 0. The van der Waals surface area contributed by atoms with Crippen LogP contribution in [0.15, 0.2) is 34.4 Å². The maximum absolute atomic E-state index is 13.1. The fourth-order valence-corrected chi connectivity index (χ4v) is 8.60. The van der Waals surface area contributed by atoms with Crippen molar-refractivity contribution in [3.63, 3.8) is 0 Å². The highest BCUT2D eigenvalue weighted by Crippen LogP contribution is 2.42. The molecular formula is C22H25Cl2N6O4S2+. The molecule has 192 valence electrons. The second-order valence-corrected chi connectivity index (χ2v) is 12.9. The second-order valence-electron chi connectivity index (χ2n) is 9.94. The SMILES string of the molecule is O=C(CSc1cc(Cl)ccc1Cl)N[C@@H]1C(=O)N2C(C(=O)O)=C(C[N+]34CN5CN(CN(C5)C3)C4)CS[C@H]12.